The fraction of sp³-hybridized carbons (Fsp3) is 0.571. The van der Waals surface area contributed by atoms with Gasteiger partial charge in [0.25, 0.3) is 0 Å². The smallest absolute Gasteiger partial charge is 0.202 e. The Morgan fingerprint density at radius 3 is 2.78 bits per heavy atom. The third-order valence-electron chi connectivity index (χ3n) is 4.01. The molecule has 96 valence electrons. The molecule has 1 aliphatic carbocycles. The van der Waals surface area contributed by atoms with Crippen LogP contribution in [0.3, 0.4) is 0 Å². The van der Waals surface area contributed by atoms with Crippen molar-refractivity contribution in [1.82, 2.24) is 14.5 Å². The zero-order chi connectivity index (χ0) is 12.9. The minimum absolute atomic E-state index is 0.400. The van der Waals surface area contributed by atoms with E-state index in [9.17, 15) is 0 Å². The minimum Gasteiger partial charge on any atom is -0.369 e. The summed E-state index contributed by atoms with van der Waals surface area (Å²) < 4.78 is 2.14. The first-order valence-electron chi connectivity index (χ1n) is 6.57. The number of fused-ring (bicyclic) bond motifs is 1. The molecule has 0 bridgehead atoms. The summed E-state index contributed by atoms with van der Waals surface area (Å²) in [4.78, 5) is 9.03. The van der Waals surface area contributed by atoms with E-state index in [0.29, 0.717) is 17.4 Å². The molecule has 0 spiro atoms. The van der Waals surface area contributed by atoms with Crippen molar-refractivity contribution in [2.75, 3.05) is 5.73 Å². The maximum absolute atomic E-state index is 6.08. The molecule has 1 aliphatic rings. The lowest BCUT2D eigenvalue weighted by molar-refractivity contribution is 0.361. The molecule has 2 aromatic rings. The van der Waals surface area contributed by atoms with E-state index in [2.05, 4.69) is 28.4 Å². The SMILES string of the molecule is Cc1ccc2nc(N)n(C3CCC(C)(C)C3)c2n1. The number of imidazole rings is 1. The maximum Gasteiger partial charge on any atom is 0.202 e. The van der Waals surface area contributed by atoms with Crippen LogP contribution < -0.4 is 5.73 Å². The maximum atomic E-state index is 6.08. The highest BCUT2D eigenvalue weighted by atomic mass is 15.2. The fourth-order valence-electron chi connectivity index (χ4n) is 3.07. The number of aryl methyl sites for hydroxylation is 1. The summed E-state index contributed by atoms with van der Waals surface area (Å²) in [6.45, 7) is 6.65. The Kier molecular flexibility index (Phi) is 2.37. The normalized spacial score (nSPS) is 22.7. The van der Waals surface area contributed by atoms with Crippen molar-refractivity contribution >= 4 is 17.1 Å². The Labute approximate surface area is 107 Å². The summed E-state index contributed by atoms with van der Waals surface area (Å²) >= 11 is 0. The van der Waals surface area contributed by atoms with Gasteiger partial charge in [-0.2, -0.15) is 0 Å². The zero-order valence-electron chi connectivity index (χ0n) is 11.3. The first-order chi connectivity index (χ1) is 8.46. The molecule has 1 fully saturated rings. The van der Waals surface area contributed by atoms with Crippen LogP contribution in [0.15, 0.2) is 12.1 Å². The van der Waals surface area contributed by atoms with Crippen molar-refractivity contribution in [3.63, 3.8) is 0 Å². The van der Waals surface area contributed by atoms with Crippen LogP contribution >= 0.6 is 0 Å². The third-order valence-corrected chi connectivity index (χ3v) is 4.01. The Balaban J connectivity index is 2.11. The highest BCUT2D eigenvalue weighted by Gasteiger charge is 2.33. The molecule has 0 amide bonds. The molecule has 4 heteroatoms. The van der Waals surface area contributed by atoms with Crippen molar-refractivity contribution in [2.24, 2.45) is 5.41 Å². The van der Waals surface area contributed by atoms with Gasteiger partial charge in [0.05, 0.1) is 0 Å². The number of nitrogens with zero attached hydrogens (tertiary/aromatic N) is 3. The average Bonchev–Trinajstić information content (AvgIpc) is 2.77. The lowest BCUT2D eigenvalue weighted by Gasteiger charge is -2.18. The van der Waals surface area contributed by atoms with Crippen molar-refractivity contribution < 1.29 is 0 Å². The van der Waals surface area contributed by atoms with Crippen LogP contribution in [0.25, 0.3) is 11.2 Å². The van der Waals surface area contributed by atoms with Crippen LogP contribution in [-0.4, -0.2) is 14.5 Å². The molecule has 0 saturated heterocycles. The summed E-state index contributed by atoms with van der Waals surface area (Å²) in [6, 6.07) is 4.43. The highest BCUT2D eigenvalue weighted by molar-refractivity contribution is 5.74. The number of anilines is 1. The zero-order valence-corrected chi connectivity index (χ0v) is 11.3. The van der Waals surface area contributed by atoms with Gasteiger partial charge in [-0.3, -0.25) is 4.57 Å². The predicted molar refractivity (Wildman–Crippen MR) is 73.3 cm³/mol. The summed E-state index contributed by atoms with van der Waals surface area (Å²) in [7, 11) is 0. The number of nitrogen functional groups attached to an aromatic ring is 1. The number of rotatable bonds is 1. The molecule has 0 radical (unpaired) electrons. The molecule has 2 heterocycles. The molecular weight excluding hydrogens is 224 g/mol. The number of aromatic nitrogens is 3. The quantitative estimate of drug-likeness (QED) is 0.838. The van der Waals surface area contributed by atoms with Gasteiger partial charge >= 0.3 is 0 Å². The van der Waals surface area contributed by atoms with E-state index in [1.165, 1.54) is 6.42 Å². The summed E-state index contributed by atoms with van der Waals surface area (Å²) in [5.74, 6) is 0.603. The molecule has 0 aliphatic heterocycles. The lowest BCUT2D eigenvalue weighted by atomic mass is 9.92. The predicted octanol–water partition coefficient (Wildman–Crippen LogP) is 3.07. The molecule has 1 unspecified atom stereocenters. The molecule has 18 heavy (non-hydrogen) atoms. The molecule has 1 saturated carbocycles. The van der Waals surface area contributed by atoms with Crippen LogP contribution in [0, 0.1) is 12.3 Å². The number of pyridine rings is 1. The standard InChI is InChI=1S/C14H20N4/c1-9-4-5-11-12(16-9)18(13(15)17-11)10-6-7-14(2,3)8-10/h4-5,10H,6-8H2,1-3H3,(H2,15,17). The number of nitrogens with two attached hydrogens (primary N) is 1. The summed E-state index contributed by atoms with van der Waals surface area (Å²) in [5.41, 5.74) is 9.34. The topological polar surface area (TPSA) is 56.7 Å². The Bertz CT molecular complexity index is 597. The van der Waals surface area contributed by atoms with Gasteiger partial charge in [-0.1, -0.05) is 13.8 Å². The monoisotopic (exact) mass is 244 g/mol. The molecule has 3 rings (SSSR count). The molecule has 1 atom stereocenters. The minimum atomic E-state index is 0.400. The van der Waals surface area contributed by atoms with Crippen LogP contribution in [0.1, 0.15) is 44.8 Å². The van der Waals surface area contributed by atoms with E-state index in [-0.39, 0.29) is 0 Å². The lowest BCUT2D eigenvalue weighted by Crippen LogP contribution is -2.12. The van der Waals surface area contributed by atoms with Gasteiger partial charge in [-0.05, 0) is 43.7 Å². The van der Waals surface area contributed by atoms with E-state index >= 15 is 0 Å². The first kappa shape index (κ1) is 11.5. The van der Waals surface area contributed by atoms with E-state index in [4.69, 9.17) is 5.73 Å². The van der Waals surface area contributed by atoms with Gasteiger partial charge in [0.2, 0.25) is 5.95 Å². The second-order valence-corrected chi connectivity index (χ2v) is 6.20. The van der Waals surface area contributed by atoms with Crippen molar-refractivity contribution in [3.8, 4) is 0 Å². The largest absolute Gasteiger partial charge is 0.369 e. The third kappa shape index (κ3) is 1.76. The summed E-state index contributed by atoms with van der Waals surface area (Å²) in [5, 5.41) is 0. The van der Waals surface area contributed by atoms with Gasteiger partial charge < -0.3 is 5.73 Å². The first-order valence-corrected chi connectivity index (χ1v) is 6.57. The van der Waals surface area contributed by atoms with E-state index in [0.717, 1.165) is 29.7 Å². The summed E-state index contributed by atoms with van der Waals surface area (Å²) in [6.07, 6.45) is 3.55. The Hall–Kier alpha value is -1.58. The van der Waals surface area contributed by atoms with E-state index < -0.39 is 0 Å². The second-order valence-electron chi connectivity index (χ2n) is 6.20. The van der Waals surface area contributed by atoms with E-state index in [1.807, 2.05) is 19.1 Å². The fourth-order valence-corrected chi connectivity index (χ4v) is 3.07. The van der Waals surface area contributed by atoms with Gasteiger partial charge in [0.1, 0.15) is 5.52 Å². The average molecular weight is 244 g/mol. The van der Waals surface area contributed by atoms with Gasteiger partial charge in [-0.15, -0.1) is 0 Å². The number of hydrogen-bond donors (Lipinski definition) is 1. The van der Waals surface area contributed by atoms with Crippen molar-refractivity contribution in [1.29, 1.82) is 0 Å². The van der Waals surface area contributed by atoms with Gasteiger partial charge in [0, 0.05) is 11.7 Å². The van der Waals surface area contributed by atoms with Crippen LogP contribution in [0.5, 0.6) is 0 Å². The van der Waals surface area contributed by atoms with Crippen LogP contribution in [0.4, 0.5) is 5.95 Å². The number of hydrogen-bond acceptors (Lipinski definition) is 3. The molecule has 4 nitrogen and oxygen atoms in total. The molecule has 0 aromatic carbocycles. The van der Waals surface area contributed by atoms with Gasteiger partial charge in [0.15, 0.2) is 5.65 Å². The Morgan fingerprint density at radius 1 is 1.33 bits per heavy atom. The van der Waals surface area contributed by atoms with Crippen molar-refractivity contribution in [3.05, 3.63) is 17.8 Å². The molecular formula is C14H20N4. The Morgan fingerprint density at radius 2 is 2.11 bits per heavy atom. The molecule has 2 aromatic heterocycles. The molecule has 2 N–H and O–H groups in total. The van der Waals surface area contributed by atoms with Crippen LogP contribution in [0.2, 0.25) is 0 Å². The van der Waals surface area contributed by atoms with E-state index in [1.54, 1.807) is 0 Å². The second kappa shape index (κ2) is 3.70. The van der Waals surface area contributed by atoms with Gasteiger partial charge in [-0.25, -0.2) is 9.97 Å². The van der Waals surface area contributed by atoms with Crippen LogP contribution in [-0.2, 0) is 0 Å². The highest BCUT2D eigenvalue weighted by Crippen LogP contribution is 2.45. The van der Waals surface area contributed by atoms with Crippen molar-refractivity contribution in [2.45, 2.75) is 46.1 Å².